The number of esters is 1. The monoisotopic (exact) mass is 385 g/mol. The Kier molecular flexibility index (Phi) is 6.70. The second kappa shape index (κ2) is 8.98. The third kappa shape index (κ3) is 5.29. The second-order valence-electron chi connectivity index (χ2n) is 6.76. The van der Waals surface area contributed by atoms with Crippen LogP contribution >= 0.6 is 0 Å². The number of nitrogens with one attached hydrogen (secondary N) is 1. The summed E-state index contributed by atoms with van der Waals surface area (Å²) in [6, 6.07) is 11.4. The lowest BCUT2D eigenvalue weighted by Gasteiger charge is -2.13. The van der Waals surface area contributed by atoms with Gasteiger partial charge in [0.1, 0.15) is 5.69 Å². The van der Waals surface area contributed by atoms with E-state index in [2.05, 4.69) is 19.2 Å². The SMILES string of the molecule is CC(C)c1ccc(NC(=O)COC(=O)c2ccc(N(C)C)c([N+](=O)[O-])c2)cc1. The van der Waals surface area contributed by atoms with E-state index >= 15 is 0 Å². The number of nitrogens with zero attached hydrogens (tertiary/aromatic N) is 2. The summed E-state index contributed by atoms with van der Waals surface area (Å²) in [6.45, 7) is 3.65. The van der Waals surface area contributed by atoms with Crippen LogP contribution in [0.5, 0.6) is 0 Å². The number of amides is 1. The van der Waals surface area contributed by atoms with Crippen LogP contribution in [0.1, 0.15) is 35.7 Å². The summed E-state index contributed by atoms with van der Waals surface area (Å²) in [5, 5.41) is 13.8. The summed E-state index contributed by atoms with van der Waals surface area (Å²) in [5.74, 6) is -0.919. The molecule has 0 radical (unpaired) electrons. The van der Waals surface area contributed by atoms with Gasteiger partial charge >= 0.3 is 5.97 Å². The Morgan fingerprint density at radius 1 is 1.14 bits per heavy atom. The molecular formula is C20H23N3O5. The first-order valence-electron chi connectivity index (χ1n) is 8.71. The van der Waals surface area contributed by atoms with Crippen LogP contribution in [-0.4, -0.2) is 37.5 Å². The van der Waals surface area contributed by atoms with Gasteiger partial charge in [0.2, 0.25) is 0 Å². The quantitative estimate of drug-likeness (QED) is 0.444. The molecular weight excluding hydrogens is 362 g/mol. The summed E-state index contributed by atoms with van der Waals surface area (Å²) in [6.07, 6.45) is 0. The van der Waals surface area contributed by atoms with Gasteiger partial charge in [0.15, 0.2) is 6.61 Å². The van der Waals surface area contributed by atoms with Crippen LogP contribution < -0.4 is 10.2 Å². The summed E-state index contributed by atoms with van der Waals surface area (Å²) in [4.78, 5) is 36.3. The molecule has 0 spiro atoms. The van der Waals surface area contributed by atoms with Crippen molar-refractivity contribution in [2.75, 3.05) is 30.9 Å². The Bertz CT molecular complexity index is 876. The van der Waals surface area contributed by atoms with Crippen LogP contribution in [0, 0.1) is 10.1 Å². The number of carbonyl (C=O) groups excluding carboxylic acids is 2. The van der Waals surface area contributed by atoms with Crippen LogP contribution in [0.4, 0.5) is 17.1 Å². The van der Waals surface area contributed by atoms with E-state index in [1.807, 2.05) is 12.1 Å². The Morgan fingerprint density at radius 3 is 2.32 bits per heavy atom. The number of hydrogen-bond donors (Lipinski definition) is 1. The highest BCUT2D eigenvalue weighted by Crippen LogP contribution is 2.28. The fourth-order valence-electron chi connectivity index (χ4n) is 2.54. The minimum atomic E-state index is -0.807. The molecule has 28 heavy (non-hydrogen) atoms. The smallest absolute Gasteiger partial charge is 0.338 e. The molecule has 0 aliphatic heterocycles. The number of anilines is 2. The molecule has 1 N–H and O–H groups in total. The van der Waals surface area contributed by atoms with Gasteiger partial charge in [0.25, 0.3) is 11.6 Å². The fourth-order valence-corrected chi connectivity index (χ4v) is 2.54. The molecule has 148 valence electrons. The second-order valence-corrected chi connectivity index (χ2v) is 6.76. The predicted octanol–water partition coefficient (Wildman–Crippen LogP) is 3.58. The lowest BCUT2D eigenvalue weighted by Crippen LogP contribution is -2.21. The minimum Gasteiger partial charge on any atom is -0.452 e. The van der Waals surface area contributed by atoms with E-state index in [4.69, 9.17) is 4.74 Å². The molecule has 0 aromatic heterocycles. The Hall–Kier alpha value is -3.42. The maximum Gasteiger partial charge on any atom is 0.338 e. The van der Waals surface area contributed by atoms with Crippen molar-refractivity contribution < 1.29 is 19.2 Å². The van der Waals surface area contributed by atoms with Crippen LogP contribution in [0.25, 0.3) is 0 Å². The van der Waals surface area contributed by atoms with E-state index in [0.717, 1.165) is 11.6 Å². The van der Waals surface area contributed by atoms with Gasteiger partial charge in [-0.2, -0.15) is 0 Å². The Labute approximate surface area is 163 Å². The van der Waals surface area contributed by atoms with Gasteiger partial charge in [-0.25, -0.2) is 4.79 Å². The average molecular weight is 385 g/mol. The first-order chi connectivity index (χ1) is 13.2. The molecule has 0 unspecified atom stereocenters. The van der Waals surface area contributed by atoms with Crippen LogP contribution in [-0.2, 0) is 9.53 Å². The van der Waals surface area contributed by atoms with Crippen LogP contribution in [0.3, 0.4) is 0 Å². The van der Waals surface area contributed by atoms with Gasteiger partial charge in [-0.05, 0) is 35.7 Å². The standard InChI is InChI=1S/C20H23N3O5/c1-13(2)14-5-8-16(9-6-14)21-19(24)12-28-20(25)15-7-10-17(22(3)4)18(11-15)23(26)27/h5-11,13H,12H2,1-4H3,(H,21,24). The average Bonchev–Trinajstić information content (AvgIpc) is 2.65. The number of rotatable bonds is 7. The number of nitro benzene ring substituents is 1. The van der Waals surface area contributed by atoms with Crippen molar-refractivity contribution in [3.05, 3.63) is 63.7 Å². The molecule has 0 bridgehead atoms. The summed E-state index contributed by atoms with van der Waals surface area (Å²) in [5.41, 5.74) is 1.90. The molecule has 0 atom stereocenters. The van der Waals surface area contributed by atoms with E-state index in [1.165, 1.54) is 12.1 Å². The van der Waals surface area contributed by atoms with Crippen molar-refractivity contribution in [3.8, 4) is 0 Å². The minimum absolute atomic E-state index is 0.00591. The number of ether oxygens (including phenoxy) is 1. The van der Waals surface area contributed by atoms with Gasteiger partial charge in [-0.3, -0.25) is 14.9 Å². The topological polar surface area (TPSA) is 102 Å². The number of carbonyl (C=O) groups is 2. The van der Waals surface area contributed by atoms with Crippen molar-refractivity contribution >= 4 is 28.9 Å². The molecule has 1 amide bonds. The molecule has 0 saturated carbocycles. The van der Waals surface area contributed by atoms with Crippen LogP contribution in [0.2, 0.25) is 0 Å². The summed E-state index contributed by atoms with van der Waals surface area (Å²) < 4.78 is 4.97. The zero-order valence-corrected chi connectivity index (χ0v) is 16.3. The molecule has 0 saturated heterocycles. The third-order valence-electron chi connectivity index (χ3n) is 4.09. The fraction of sp³-hybridized carbons (Fsp3) is 0.300. The zero-order valence-electron chi connectivity index (χ0n) is 16.3. The Balaban J connectivity index is 1.98. The van der Waals surface area contributed by atoms with E-state index in [-0.39, 0.29) is 11.3 Å². The predicted molar refractivity (Wildman–Crippen MR) is 107 cm³/mol. The van der Waals surface area contributed by atoms with Gasteiger partial charge < -0.3 is 15.0 Å². The van der Waals surface area contributed by atoms with Crippen molar-refractivity contribution in [1.29, 1.82) is 0 Å². The van der Waals surface area contributed by atoms with Gasteiger partial charge in [0, 0.05) is 25.8 Å². The highest BCUT2D eigenvalue weighted by Gasteiger charge is 2.20. The molecule has 8 heteroatoms. The maximum atomic E-state index is 12.1. The molecule has 2 rings (SSSR count). The largest absolute Gasteiger partial charge is 0.452 e. The van der Waals surface area contributed by atoms with E-state index < -0.39 is 23.4 Å². The van der Waals surface area contributed by atoms with Gasteiger partial charge in [-0.1, -0.05) is 26.0 Å². The van der Waals surface area contributed by atoms with E-state index in [0.29, 0.717) is 17.3 Å². The third-order valence-corrected chi connectivity index (χ3v) is 4.09. The van der Waals surface area contributed by atoms with Crippen LogP contribution in [0.15, 0.2) is 42.5 Å². The molecule has 2 aromatic carbocycles. The lowest BCUT2D eigenvalue weighted by molar-refractivity contribution is -0.384. The molecule has 0 aliphatic rings. The van der Waals surface area contributed by atoms with Crippen molar-refractivity contribution in [2.24, 2.45) is 0 Å². The lowest BCUT2D eigenvalue weighted by atomic mass is 10.0. The highest BCUT2D eigenvalue weighted by atomic mass is 16.6. The van der Waals surface area contributed by atoms with Crippen molar-refractivity contribution in [3.63, 3.8) is 0 Å². The van der Waals surface area contributed by atoms with Crippen molar-refractivity contribution in [2.45, 2.75) is 19.8 Å². The first-order valence-corrected chi connectivity index (χ1v) is 8.71. The number of hydrogen-bond acceptors (Lipinski definition) is 6. The number of benzene rings is 2. The number of nitro groups is 1. The molecule has 8 nitrogen and oxygen atoms in total. The summed E-state index contributed by atoms with van der Waals surface area (Å²) >= 11 is 0. The normalized spacial score (nSPS) is 10.5. The molecule has 0 heterocycles. The highest BCUT2D eigenvalue weighted by molar-refractivity contribution is 5.96. The first kappa shape index (κ1) is 20.9. The summed E-state index contributed by atoms with van der Waals surface area (Å²) in [7, 11) is 3.33. The van der Waals surface area contributed by atoms with E-state index in [9.17, 15) is 19.7 Å². The molecule has 0 fully saturated rings. The zero-order chi connectivity index (χ0) is 20.8. The Morgan fingerprint density at radius 2 is 1.79 bits per heavy atom. The van der Waals surface area contributed by atoms with Gasteiger partial charge in [0.05, 0.1) is 10.5 Å². The van der Waals surface area contributed by atoms with E-state index in [1.54, 1.807) is 31.1 Å². The molecule has 0 aliphatic carbocycles. The van der Waals surface area contributed by atoms with Crippen molar-refractivity contribution in [1.82, 2.24) is 0 Å². The maximum absolute atomic E-state index is 12.1. The molecule has 2 aromatic rings. The van der Waals surface area contributed by atoms with Gasteiger partial charge in [-0.15, -0.1) is 0 Å².